The molecular formula is C12H15BrN2O2. The number of rotatable bonds is 3. The molecule has 92 valence electrons. The first-order chi connectivity index (χ1) is 8.15. The minimum Gasteiger partial charge on any atom is -0.393 e. The van der Waals surface area contributed by atoms with Gasteiger partial charge >= 0.3 is 0 Å². The Hall–Kier alpha value is -0.940. The molecule has 2 atom stereocenters. The molecule has 5 heteroatoms. The van der Waals surface area contributed by atoms with E-state index >= 15 is 0 Å². The van der Waals surface area contributed by atoms with Gasteiger partial charge in [-0.1, -0.05) is 0 Å². The smallest absolute Gasteiger partial charge is 0.269 e. The average molecular weight is 299 g/mol. The standard InChI is InChI=1S/C12H15BrN2O2/c13-9-2-4-11(14-7-9)12(17)15-6-8-1-3-10(16)5-8/h2,4,7-8,10,16H,1,3,5-6H2,(H,15,17). The van der Waals surface area contributed by atoms with E-state index in [9.17, 15) is 9.90 Å². The van der Waals surface area contributed by atoms with Crippen LogP contribution in [0.3, 0.4) is 0 Å². The summed E-state index contributed by atoms with van der Waals surface area (Å²) in [5.74, 6) is 0.239. The molecule has 0 spiro atoms. The third kappa shape index (κ3) is 3.51. The SMILES string of the molecule is O=C(NCC1CCC(O)C1)c1ccc(Br)cn1. The lowest BCUT2D eigenvalue weighted by Crippen LogP contribution is -2.29. The van der Waals surface area contributed by atoms with Crippen molar-refractivity contribution in [3.05, 3.63) is 28.5 Å². The molecule has 1 aliphatic carbocycles. The van der Waals surface area contributed by atoms with Crippen molar-refractivity contribution < 1.29 is 9.90 Å². The number of amides is 1. The predicted molar refractivity (Wildman–Crippen MR) is 67.6 cm³/mol. The van der Waals surface area contributed by atoms with Crippen LogP contribution in [0.4, 0.5) is 0 Å². The van der Waals surface area contributed by atoms with E-state index in [0.29, 0.717) is 18.2 Å². The number of pyridine rings is 1. The number of aliphatic hydroxyl groups is 1. The van der Waals surface area contributed by atoms with Crippen LogP contribution in [0.5, 0.6) is 0 Å². The Labute approximate surface area is 109 Å². The van der Waals surface area contributed by atoms with Gasteiger partial charge in [-0.25, -0.2) is 4.98 Å². The highest BCUT2D eigenvalue weighted by molar-refractivity contribution is 9.10. The largest absolute Gasteiger partial charge is 0.393 e. The van der Waals surface area contributed by atoms with Crippen LogP contribution >= 0.6 is 15.9 Å². The van der Waals surface area contributed by atoms with Crippen LogP contribution in [0.1, 0.15) is 29.8 Å². The second kappa shape index (κ2) is 5.60. The molecule has 1 heterocycles. The minimum atomic E-state index is -0.192. The van der Waals surface area contributed by atoms with Crippen LogP contribution < -0.4 is 5.32 Å². The molecule has 17 heavy (non-hydrogen) atoms. The summed E-state index contributed by atoms with van der Waals surface area (Å²) >= 11 is 3.27. The van der Waals surface area contributed by atoms with Crippen LogP contribution in [0, 0.1) is 5.92 Å². The number of hydrogen-bond acceptors (Lipinski definition) is 3. The fraction of sp³-hybridized carbons (Fsp3) is 0.500. The van der Waals surface area contributed by atoms with Crippen molar-refractivity contribution in [2.45, 2.75) is 25.4 Å². The van der Waals surface area contributed by atoms with E-state index in [0.717, 1.165) is 23.7 Å². The third-order valence-corrected chi connectivity index (χ3v) is 3.49. The first kappa shape index (κ1) is 12.5. The molecule has 0 aromatic carbocycles. The van der Waals surface area contributed by atoms with Crippen molar-refractivity contribution in [2.75, 3.05) is 6.54 Å². The first-order valence-electron chi connectivity index (χ1n) is 5.73. The lowest BCUT2D eigenvalue weighted by molar-refractivity contribution is 0.0940. The highest BCUT2D eigenvalue weighted by Crippen LogP contribution is 2.24. The molecule has 2 unspecified atom stereocenters. The average Bonchev–Trinajstić information content (AvgIpc) is 2.73. The van der Waals surface area contributed by atoms with E-state index in [1.165, 1.54) is 0 Å². The Bertz CT molecular complexity index is 394. The van der Waals surface area contributed by atoms with Crippen LogP contribution in [-0.2, 0) is 0 Å². The van der Waals surface area contributed by atoms with E-state index in [4.69, 9.17) is 0 Å². The molecule has 0 aliphatic heterocycles. The Morgan fingerprint density at radius 2 is 2.35 bits per heavy atom. The first-order valence-corrected chi connectivity index (χ1v) is 6.52. The molecule has 1 aliphatic rings. The van der Waals surface area contributed by atoms with Crippen molar-refractivity contribution in [1.82, 2.24) is 10.3 Å². The van der Waals surface area contributed by atoms with Crippen LogP contribution in [0.15, 0.2) is 22.8 Å². The van der Waals surface area contributed by atoms with E-state index in [1.54, 1.807) is 18.3 Å². The molecule has 1 amide bonds. The number of nitrogens with zero attached hydrogens (tertiary/aromatic N) is 1. The topological polar surface area (TPSA) is 62.2 Å². The summed E-state index contributed by atoms with van der Waals surface area (Å²) < 4.78 is 0.855. The number of hydrogen-bond donors (Lipinski definition) is 2. The Morgan fingerprint density at radius 1 is 1.53 bits per heavy atom. The summed E-state index contributed by atoms with van der Waals surface area (Å²) in [5.41, 5.74) is 0.423. The zero-order valence-corrected chi connectivity index (χ0v) is 11.0. The van der Waals surface area contributed by atoms with Crippen LogP contribution in [-0.4, -0.2) is 28.6 Å². The van der Waals surface area contributed by atoms with Gasteiger partial charge in [0.2, 0.25) is 0 Å². The zero-order valence-electron chi connectivity index (χ0n) is 9.40. The molecule has 1 saturated carbocycles. The number of aliphatic hydroxyl groups excluding tert-OH is 1. The molecule has 0 bridgehead atoms. The van der Waals surface area contributed by atoms with Crippen molar-refractivity contribution in [1.29, 1.82) is 0 Å². The maximum absolute atomic E-state index is 11.7. The maximum Gasteiger partial charge on any atom is 0.269 e. The summed E-state index contributed by atoms with van der Waals surface area (Å²) in [7, 11) is 0. The van der Waals surface area contributed by atoms with Crippen molar-refractivity contribution in [3.8, 4) is 0 Å². The molecule has 1 fully saturated rings. The summed E-state index contributed by atoms with van der Waals surface area (Å²) in [6.45, 7) is 0.619. The van der Waals surface area contributed by atoms with E-state index < -0.39 is 0 Å². The predicted octanol–water partition coefficient (Wildman–Crippen LogP) is 1.73. The molecular weight excluding hydrogens is 284 g/mol. The Balaban J connectivity index is 1.83. The molecule has 1 aromatic heterocycles. The van der Waals surface area contributed by atoms with E-state index in [2.05, 4.69) is 26.2 Å². The van der Waals surface area contributed by atoms with Gasteiger partial charge in [-0.05, 0) is 53.2 Å². The zero-order chi connectivity index (χ0) is 12.3. The van der Waals surface area contributed by atoms with E-state index in [-0.39, 0.29) is 12.0 Å². The van der Waals surface area contributed by atoms with Gasteiger partial charge in [0.15, 0.2) is 0 Å². The van der Waals surface area contributed by atoms with Crippen LogP contribution in [0.2, 0.25) is 0 Å². The number of aromatic nitrogens is 1. The quantitative estimate of drug-likeness (QED) is 0.893. The monoisotopic (exact) mass is 298 g/mol. The number of halogens is 1. The summed E-state index contributed by atoms with van der Waals surface area (Å²) in [4.78, 5) is 15.8. The Kier molecular flexibility index (Phi) is 4.12. The van der Waals surface area contributed by atoms with Gasteiger partial charge in [0.25, 0.3) is 5.91 Å². The summed E-state index contributed by atoms with van der Waals surface area (Å²) in [6, 6.07) is 3.48. The maximum atomic E-state index is 11.7. The highest BCUT2D eigenvalue weighted by atomic mass is 79.9. The second-order valence-electron chi connectivity index (χ2n) is 4.40. The minimum absolute atomic E-state index is 0.154. The summed E-state index contributed by atoms with van der Waals surface area (Å²) in [6.07, 6.45) is 4.02. The van der Waals surface area contributed by atoms with Gasteiger partial charge < -0.3 is 10.4 Å². The fourth-order valence-corrected chi connectivity index (χ4v) is 2.31. The molecule has 4 nitrogen and oxygen atoms in total. The lowest BCUT2D eigenvalue weighted by atomic mass is 10.1. The fourth-order valence-electron chi connectivity index (χ4n) is 2.07. The number of carbonyl (C=O) groups is 1. The Morgan fingerprint density at radius 3 is 2.94 bits per heavy atom. The lowest BCUT2D eigenvalue weighted by Gasteiger charge is -2.10. The molecule has 2 N–H and O–H groups in total. The van der Waals surface area contributed by atoms with Crippen molar-refractivity contribution in [2.24, 2.45) is 5.92 Å². The van der Waals surface area contributed by atoms with Crippen molar-refractivity contribution in [3.63, 3.8) is 0 Å². The molecule has 0 radical (unpaired) electrons. The van der Waals surface area contributed by atoms with Gasteiger partial charge in [0, 0.05) is 17.2 Å². The number of carbonyl (C=O) groups excluding carboxylic acids is 1. The second-order valence-corrected chi connectivity index (χ2v) is 5.32. The van der Waals surface area contributed by atoms with Gasteiger partial charge in [-0.15, -0.1) is 0 Å². The van der Waals surface area contributed by atoms with Crippen molar-refractivity contribution >= 4 is 21.8 Å². The molecule has 2 rings (SSSR count). The van der Waals surface area contributed by atoms with Gasteiger partial charge in [0.05, 0.1) is 6.10 Å². The van der Waals surface area contributed by atoms with Gasteiger partial charge in [-0.2, -0.15) is 0 Å². The van der Waals surface area contributed by atoms with Gasteiger partial charge in [-0.3, -0.25) is 4.79 Å². The summed E-state index contributed by atoms with van der Waals surface area (Å²) in [5, 5.41) is 12.2. The normalized spacial score (nSPS) is 23.6. The highest BCUT2D eigenvalue weighted by Gasteiger charge is 2.23. The van der Waals surface area contributed by atoms with Gasteiger partial charge in [0.1, 0.15) is 5.69 Å². The van der Waals surface area contributed by atoms with Crippen LogP contribution in [0.25, 0.3) is 0 Å². The third-order valence-electron chi connectivity index (χ3n) is 3.02. The molecule has 0 saturated heterocycles. The molecule has 1 aromatic rings. The van der Waals surface area contributed by atoms with E-state index in [1.807, 2.05) is 0 Å². The number of nitrogens with one attached hydrogen (secondary N) is 1.